The number of hydrogen-bond acceptors (Lipinski definition) is 2. The number of carbonyl (C=O) groups is 2. The van der Waals surface area contributed by atoms with Gasteiger partial charge >= 0.3 is 0 Å². The van der Waals surface area contributed by atoms with Gasteiger partial charge in [-0.05, 0) is 24.9 Å². The smallest absolute Gasteiger partial charge is 0.243 e. The number of unbranched alkanes of at least 4 members (excludes halogenated alkanes) is 11. The topological polar surface area (TPSA) is 46.2 Å². The number of halogens is 1. The van der Waals surface area contributed by atoms with Crippen LogP contribution in [-0.4, -0.2) is 17.2 Å². The van der Waals surface area contributed by atoms with Crippen molar-refractivity contribution in [2.24, 2.45) is 0 Å². The molecule has 0 aromatic rings. The zero-order chi connectivity index (χ0) is 16.6. The first-order chi connectivity index (χ1) is 10.6. The van der Waals surface area contributed by atoms with Crippen LogP contribution in [0.2, 0.25) is 0 Å². The van der Waals surface area contributed by atoms with Crippen LogP contribution in [-0.2, 0) is 9.59 Å². The summed E-state index contributed by atoms with van der Waals surface area (Å²) in [5.74, 6) is -0.0754. The van der Waals surface area contributed by atoms with Gasteiger partial charge in [0.2, 0.25) is 11.1 Å². The van der Waals surface area contributed by atoms with Gasteiger partial charge in [0.25, 0.3) is 0 Å². The van der Waals surface area contributed by atoms with Gasteiger partial charge in [-0.2, -0.15) is 0 Å². The second kappa shape index (κ2) is 15.3. The molecule has 0 saturated carbocycles. The molecule has 0 rings (SSSR count). The van der Waals surface area contributed by atoms with Gasteiger partial charge in [-0.1, -0.05) is 77.6 Å². The summed E-state index contributed by atoms with van der Waals surface area (Å²) in [6.07, 6.45) is 15.9. The van der Waals surface area contributed by atoms with Crippen LogP contribution in [0, 0.1) is 0 Å². The van der Waals surface area contributed by atoms with Crippen LogP contribution in [0.3, 0.4) is 0 Å². The highest BCUT2D eigenvalue weighted by Gasteiger charge is 2.12. The minimum absolute atomic E-state index is 0.0754. The van der Waals surface area contributed by atoms with E-state index in [4.69, 9.17) is 11.6 Å². The molecular formula is C18H34ClNO2. The minimum Gasteiger partial charge on any atom is -0.345 e. The molecule has 0 spiro atoms. The van der Waals surface area contributed by atoms with Gasteiger partial charge in [-0.3, -0.25) is 9.59 Å². The van der Waals surface area contributed by atoms with Crippen LogP contribution in [0.15, 0.2) is 0 Å². The summed E-state index contributed by atoms with van der Waals surface area (Å²) in [5, 5.41) is 2.09. The Hall–Kier alpha value is -0.570. The number of nitrogens with one attached hydrogen (secondary N) is 1. The van der Waals surface area contributed by atoms with Gasteiger partial charge in [0.1, 0.15) is 6.04 Å². The fourth-order valence-electron chi connectivity index (χ4n) is 2.50. The number of hydrogen-bond donors (Lipinski definition) is 1. The van der Waals surface area contributed by atoms with Crippen molar-refractivity contribution in [3.63, 3.8) is 0 Å². The molecule has 1 amide bonds. The Bertz CT molecular complexity index is 295. The molecule has 1 unspecified atom stereocenters. The second-order valence-corrected chi connectivity index (χ2v) is 6.60. The van der Waals surface area contributed by atoms with Crippen molar-refractivity contribution in [2.45, 2.75) is 103 Å². The van der Waals surface area contributed by atoms with Crippen molar-refractivity contribution >= 4 is 22.8 Å². The standard InChI is InChI=1S/C18H34ClNO2/c1-3-4-5-6-7-8-9-10-11-12-13-14-15-17(21)20-16(2)18(19)22/h16H,3-15H2,1-2H3,(H,20,21). The fraction of sp³-hybridized carbons (Fsp3) is 0.889. The third kappa shape index (κ3) is 14.4. The van der Waals surface area contributed by atoms with E-state index in [0.717, 1.165) is 12.8 Å². The van der Waals surface area contributed by atoms with Gasteiger partial charge in [-0.15, -0.1) is 0 Å². The van der Waals surface area contributed by atoms with Crippen LogP contribution in [0.5, 0.6) is 0 Å². The normalized spacial score (nSPS) is 12.1. The Morgan fingerprint density at radius 2 is 1.23 bits per heavy atom. The maximum absolute atomic E-state index is 11.5. The number of amides is 1. The number of rotatable bonds is 15. The van der Waals surface area contributed by atoms with Crippen molar-refractivity contribution in [2.75, 3.05) is 0 Å². The van der Waals surface area contributed by atoms with Crippen molar-refractivity contribution in [3.8, 4) is 0 Å². The third-order valence-corrected chi connectivity index (χ3v) is 4.30. The molecule has 0 bridgehead atoms. The van der Waals surface area contributed by atoms with E-state index in [2.05, 4.69) is 12.2 Å². The molecule has 0 aromatic carbocycles. The van der Waals surface area contributed by atoms with Crippen LogP contribution < -0.4 is 5.32 Å². The second-order valence-electron chi connectivity index (χ2n) is 6.23. The quantitative estimate of drug-likeness (QED) is 0.325. The zero-order valence-electron chi connectivity index (χ0n) is 14.5. The van der Waals surface area contributed by atoms with Gasteiger partial charge in [0.05, 0.1) is 0 Å². The molecule has 22 heavy (non-hydrogen) atoms. The predicted molar refractivity (Wildman–Crippen MR) is 94.2 cm³/mol. The lowest BCUT2D eigenvalue weighted by Gasteiger charge is -2.09. The first-order valence-corrected chi connectivity index (χ1v) is 9.44. The average Bonchev–Trinajstić information content (AvgIpc) is 2.48. The Morgan fingerprint density at radius 1 is 0.818 bits per heavy atom. The monoisotopic (exact) mass is 331 g/mol. The maximum atomic E-state index is 11.5. The maximum Gasteiger partial charge on any atom is 0.243 e. The molecule has 0 heterocycles. The Balaban J connectivity index is 3.23. The van der Waals surface area contributed by atoms with Crippen molar-refractivity contribution in [1.29, 1.82) is 0 Å². The molecule has 0 aliphatic carbocycles. The van der Waals surface area contributed by atoms with Gasteiger partial charge in [0.15, 0.2) is 0 Å². The van der Waals surface area contributed by atoms with Gasteiger partial charge < -0.3 is 5.32 Å². The molecule has 0 fully saturated rings. The number of carbonyl (C=O) groups excluding carboxylic acids is 2. The molecule has 4 heteroatoms. The van der Waals surface area contributed by atoms with E-state index >= 15 is 0 Å². The summed E-state index contributed by atoms with van der Waals surface area (Å²) < 4.78 is 0. The first-order valence-electron chi connectivity index (χ1n) is 9.06. The molecular weight excluding hydrogens is 298 g/mol. The summed E-state index contributed by atoms with van der Waals surface area (Å²) >= 11 is 5.30. The first kappa shape index (κ1) is 21.4. The van der Waals surface area contributed by atoms with Crippen molar-refractivity contribution < 1.29 is 9.59 Å². The molecule has 0 saturated heterocycles. The van der Waals surface area contributed by atoms with Crippen LogP contribution in [0.25, 0.3) is 0 Å². The average molecular weight is 332 g/mol. The van der Waals surface area contributed by atoms with E-state index in [0.29, 0.717) is 6.42 Å². The molecule has 1 N–H and O–H groups in total. The van der Waals surface area contributed by atoms with Crippen molar-refractivity contribution in [1.82, 2.24) is 5.32 Å². The highest BCUT2D eigenvalue weighted by molar-refractivity contribution is 6.64. The highest BCUT2D eigenvalue weighted by atomic mass is 35.5. The Morgan fingerprint density at radius 3 is 1.64 bits per heavy atom. The molecule has 3 nitrogen and oxygen atoms in total. The summed E-state index contributed by atoms with van der Waals surface area (Å²) in [4.78, 5) is 22.3. The van der Waals surface area contributed by atoms with E-state index in [9.17, 15) is 9.59 Å². The molecule has 1 atom stereocenters. The van der Waals surface area contributed by atoms with Gasteiger partial charge in [0, 0.05) is 6.42 Å². The van der Waals surface area contributed by atoms with Crippen molar-refractivity contribution in [3.05, 3.63) is 0 Å². The van der Waals surface area contributed by atoms with E-state index < -0.39 is 11.3 Å². The summed E-state index contributed by atoms with van der Waals surface area (Å²) in [7, 11) is 0. The van der Waals surface area contributed by atoms with Crippen LogP contribution in [0.4, 0.5) is 0 Å². The third-order valence-electron chi connectivity index (χ3n) is 3.98. The lowest BCUT2D eigenvalue weighted by atomic mass is 10.0. The van der Waals surface area contributed by atoms with Gasteiger partial charge in [-0.25, -0.2) is 0 Å². The fourth-order valence-corrected chi connectivity index (χ4v) is 2.55. The predicted octanol–water partition coefficient (Wildman–Crippen LogP) is 5.35. The molecule has 0 aliphatic heterocycles. The summed E-state index contributed by atoms with van der Waals surface area (Å²) in [5.41, 5.74) is 0. The molecule has 0 aromatic heterocycles. The SMILES string of the molecule is CCCCCCCCCCCCCCC(=O)NC(C)C(=O)Cl. The van der Waals surface area contributed by atoms with E-state index in [-0.39, 0.29) is 5.91 Å². The van der Waals surface area contributed by atoms with E-state index in [1.54, 1.807) is 6.92 Å². The van der Waals surface area contributed by atoms with E-state index in [1.165, 1.54) is 64.2 Å². The van der Waals surface area contributed by atoms with E-state index in [1.807, 2.05) is 0 Å². The Labute approximate surface area is 141 Å². The van der Waals surface area contributed by atoms with Crippen LogP contribution >= 0.6 is 11.6 Å². The summed E-state index contributed by atoms with van der Waals surface area (Å²) in [6, 6.07) is -0.577. The molecule has 0 radical (unpaired) electrons. The Kier molecular flexibility index (Phi) is 14.9. The molecule has 0 aliphatic rings. The lowest BCUT2D eigenvalue weighted by molar-refractivity contribution is -0.124. The lowest BCUT2D eigenvalue weighted by Crippen LogP contribution is -2.36. The largest absolute Gasteiger partial charge is 0.345 e. The summed E-state index contributed by atoms with van der Waals surface area (Å²) in [6.45, 7) is 3.86. The zero-order valence-corrected chi connectivity index (χ0v) is 15.2. The van der Waals surface area contributed by atoms with Crippen LogP contribution in [0.1, 0.15) is 97.3 Å². The highest BCUT2D eigenvalue weighted by Crippen LogP contribution is 2.12. The molecule has 130 valence electrons. The minimum atomic E-state index is -0.577.